The molecule has 0 aliphatic carbocycles. The first kappa shape index (κ1) is 12.4. The van der Waals surface area contributed by atoms with Crippen LogP contribution >= 0.6 is 0 Å². The van der Waals surface area contributed by atoms with Gasteiger partial charge in [0, 0.05) is 13.0 Å². The lowest BCUT2D eigenvalue weighted by Gasteiger charge is -2.06. The average molecular weight is 246 g/mol. The van der Waals surface area contributed by atoms with Crippen LogP contribution in [0.5, 0.6) is 0 Å². The number of fused-ring (bicyclic) bond motifs is 1. The van der Waals surface area contributed by atoms with Gasteiger partial charge in [-0.3, -0.25) is 4.79 Å². The van der Waals surface area contributed by atoms with Crippen LogP contribution in [0.25, 0.3) is 11.0 Å². The molecule has 0 spiro atoms. The number of aromatic nitrogens is 2. The topological polar surface area (TPSA) is 86.9 Å². The Kier molecular flexibility index (Phi) is 3.50. The van der Waals surface area contributed by atoms with Gasteiger partial charge in [-0.15, -0.1) is 0 Å². The smallest absolute Gasteiger partial charge is 0.217 e. The van der Waals surface area contributed by atoms with E-state index < -0.39 is 0 Å². The Morgan fingerprint density at radius 2 is 2.17 bits per heavy atom. The molecule has 1 aromatic heterocycles. The molecule has 96 valence electrons. The summed E-state index contributed by atoms with van der Waals surface area (Å²) < 4.78 is 1.99. The van der Waals surface area contributed by atoms with Crippen LogP contribution in [-0.4, -0.2) is 15.5 Å². The van der Waals surface area contributed by atoms with Gasteiger partial charge in [-0.2, -0.15) is 0 Å². The van der Waals surface area contributed by atoms with E-state index in [0.29, 0.717) is 12.4 Å². The van der Waals surface area contributed by atoms with Gasteiger partial charge < -0.3 is 16.0 Å². The van der Waals surface area contributed by atoms with Crippen molar-refractivity contribution in [2.24, 2.45) is 5.73 Å². The highest BCUT2D eigenvalue weighted by Gasteiger charge is 2.07. The largest absolute Gasteiger partial charge is 0.370 e. The van der Waals surface area contributed by atoms with Crippen LogP contribution in [0.4, 0.5) is 5.95 Å². The van der Waals surface area contributed by atoms with Crippen LogP contribution in [0, 0.1) is 6.92 Å². The van der Waals surface area contributed by atoms with Crippen molar-refractivity contribution in [3.05, 3.63) is 23.8 Å². The zero-order chi connectivity index (χ0) is 13.1. The Labute approximate surface area is 106 Å². The zero-order valence-corrected chi connectivity index (χ0v) is 10.5. The molecule has 1 amide bonds. The van der Waals surface area contributed by atoms with Gasteiger partial charge in [0.2, 0.25) is 11.9 Å². The summed E-state index contributed by atoms with van der Waals surface area (Å²) >= 11 is 0. The first-order valence-electron chi connectivity index (χ1n) is 6.08. The summed E-state index contributed by atoms with van der Waals surface area (Å²) in [4.78, 5) is 15.0. The lowest BCUT2D eigenvalue weighted by Crippen LogP contribution is -2.10. The summed E-state index contributed by atoms with van der Waals surface area (Å²) in [7, 11) is 0. The molecule has 0 atom stereocenters. The number of aryl methyl sites for hydroxylation is 2. The first-order chi connectivity index (χ1) is 8.58. The number of hydrogen-bond donors (Lipinski definition) is 2. The number of nitrogens with two attached hydrogens (primary N) is 2. The molecule has 1 heterocycles. The zero-order valence-electron chi connectivity index (χ0n) is 10.5. The Morgan fingerprint density at radius 3 is 2.89 bits per heavy atom. The van der Waals surface area contributed by atoms with Crippen molar-refractivity contribution in [1.82, 2.24) is 9.55 Å². The second-order valence-electron chi connectivity index (χ2n) is 4.54. The molecule has 0 bridgehead atoms. The molecule has 0 saturated carbocycles. The molecule has 2 aromatic rings. The van der Waals surface area contributed by atoms with Crippen LogP contribution in [0.3, 0.4) is 0 Å². The van der Waals surface area contributed by atoms with Crippen LogP contribution in [0.2, 0.25) is 0 Å². The van der Waals surface area contributed by atoms with Gasteiger partial charge in [-0.25, -0.2) is 4.98 Å². The number of hydrogen-bond acceptors (Lipinski definition) is 3. The first-order valence-corrected chi connectivity index (χ1v) is 6.08. The molecule has 0 aliphatic rings. The number of nitrogen functional groups attached to an aromatic ring is 1. The standard InChI is InChI=1S/C13H18N4O/c1-9-5-6-10-11(8-9)17(13(15)16-10)7-3-2-4-12(14)18/h5-6,8H,2-4,7H2,1H3,(H2,14,18)(H2,15,16). The molecule has 5 nitrogen and oxygen atoms in total. The molecular formula is C13H18N4O. The van der Waals surface area contributed by atoms with E-state index in [-0.39, 0.29) is 5.91 Å². The fraction of sp³-hybridized carbons (Fsp3) is 0.385. The van der Waals surface area contributed by atoms with Gasteiger partial charge in [0.25, 0.3) is 0 Å². The van der Waals surface area contributed by atoms with Crippen LogP contribution in [0.1, 0.15) is 24.8 Å². The maximum atomic E-state index is 10.7. The minimum Gasteiger partial charge on any atom is -0.370 e. The van der Waals surface area contributed by atoms with Crippen molar-refractivity contribution in [3.8, 4) is 0 Å². The number of benzene rings is 1. The maximum absolute atomic E-state index is 10.7. The predicted molar refractivity (Wildman–Crippen MR) is 71.9 cm³/mol. The molecule has 4 N–H and O–H groups in total. The van der Waals surface area contributed by atoms with Gasteiger partial charge in [0.15, 0.2) is 0 Å². The molecule has 1 aromatic carbocycles. The average Bonchev–Trinajstić information content (AvgIpc) is 2.60. The quantitative estimate of drug-likeness (QED) is 0.785. The van der Waals surface area contributed by atoms with Crippen LogP contribution < -0.4 is 11.5 Å². The third-order valence-electron chi connectivity index (χ3n) is 2.99. The van der Waals surface area contributed by atoms with Gasteiger partial charge in [-0.1, -0.05) is 6.07 Å². The highest BCUT2D eigenvalue weighted by Crippen LogP contribution is 2.19. The molecule has 0 radical (unpaired) electrons. The van der Waals surface area contributed by atoms with Crippen molar-refractivity contribution < 1.29 is 4.79 Å². The monoisotopic (exact) mass is 246 g/mol. The van der Waals surface area contributed by atoms with Gasteiger partial charge >= 0.3 is 0 Å². The number of imidazole rings is 1. The van der Waals surface area contributed by atoms with Crippen LogP contribution in [0.15, 0.2) is 18.2 Å². The summed E-state index contributed by atoms with van der Waals surface area (Å²) in [6.45, 7) is 2.80. The lowest BCUT2D eigenvalue weighted by molar-refractivity contribution is -0.118. The highest BCUT2D eigenvalue weighted by atomic mass is 16.1. The lowest BCUT2D eigenvalue weighted by atomic mass is 10.2. The Hall–Kier alpha value is -2.04. The normalized spacial score (nSPS) is 10.9. The number of unbranched alkanes of at least 4 members (excludes halogenated alkanes) is 1. The summed E-state index contributed by atoms with van der Waals surface area (Å²) in [5.74, 6) is 0.268. The minimum absolute atomic E-state index is 0.255. The second-order valence-corrected chi connectivity index (χ2v) is 4.54. The van der Waals surface area contributed by atoms with E-state index >= 15 is 0 Å². The van der Waals surface area contributed by atoms with E-state index in [1.54, 1.807) is 0 Å². The van der Waals surface area contributed by atoms with Crippen molar-refractivity contribution in [3.63, 3.8) is 0 Å². The molecule has 2 rings (SSSR count). The van der Waals surface area contributed by atoms with E-state index in [4.69, 9.17) is 11.5 Å². The summed E-state index contributed by atoms with van der Waals surface area (Å²) in [5, 5.41) is 0. The van der Waals surface area contributed by atoms with E-state index in [1.165, 1.54) is 5.56 Å². The maximum Gasteiger partial charge on any atom is 0.217 e. The number of anilines is 1. The number of amides is 1. The van der Waals surface area contributed by atoms with Crippen molar-refractivity contribution in [2.45, 2.75) is 32.7 Å². The summed E-state index contributed by atoms with van der Waals surface area (Å²) in [6.07, 6.45) is 2.07. The molecular weight excluding hydrogens is 228 g/mol. The van der Waals surface area contributed by atoms with Crippen molar-refractivity contribution >= 4 is 22.9 Å². The number of carbonyl (C=O) groups is 1. The Bertz CT molecular complexity index is 574. The third kappa shape index (κ3) is 2.61. The van der Waals surface area contributed by atoms with Crippen molar-refractivity contribution in [1.29, 1.82) is 0 Å². The highest BCUT2D eigenvalue weighted by molar-refractivity contribution is 5.79. The summed E-state index contributed by atoms with van der Waals surface area (Å²) in [6, 6.07) is 6.07. The molecule has 0 saturated heterocycles. The minimum atomic E-state index is -0.255. The fourth-order valence-corrected chi connectivity index (χ4v) is 2.06. The second kappa shape index (κ2) is 5.08. The van der Waals surface area contributed by atoms with E-state index in [0.717, 1.165) is 30.4 Å². The van der Waals surface area contributed by atoms with E-state index in [2.05, 4.69) is 11.1 Å². The van der Waals surface area contributed by atoms with E-state index in [9.17, 15) is 4.79 Å². The number of primary amides is 1. The van der Waals surface area contributed by atoms with Gasteiger partial charge in [0.05, 0.1) is 11.0 Å². The Balaban J connectivity index is 2.14. The molecule has 0 unspecified atom stereocenters. The molecule has 0 fully saturated rings. The fourth-order valence-electron chi connectivity index (χ4n) is 2.06. The van der Waals surface area contributed by atoms with Crippen molar-refractivity contribution in [2.75, 3.05) is 5.73 Å². The SMILES string of the molecule is Cc1ccc2nc(N)n(CCCCC(N)=O)c2c1. The Morgan fingerprint density at radius 1 is 1.39 bits per heavy atom. The van der Waals surface area contributed by atoms with Crippen LogP contribution in [-0.2, 0) is 11.3 Å². The molecule has 0 aliphatic heterocycles. The molecule has 5 heteroatoms. The molecule has 18 heavy (non-hydrogen) atoms. The predicted octanol–water partition coefficient (Wildman–Crippen LogP) is 1.58. The van der Waals surface area contributed by atoms with E-state index in [1.807, 2.05) is 23.6 Å². The summed E-state index contributed by atoms with van der Waals surface area (Å²) in [5.41, 5.74) is 14.2. The third-order valence-corrected chi connectivity index (χ3v) is 2.99. The van der Waals surface area contributed by atoms with Gasteiger partial charge in [0.1, 0.15) is 0 Å². The number of nitrogens with zero attached hydrogens (tertiary/aromatic N) is 2. The van der Waals surface area contributed by atoms with Gasteiger partial charge in [-0.05, 0) is 37.5 Å². The number of carbonyl (C=O) groups excluding carboxylic acids is 1. The number of rotatable bonds is 5.